The molecule has 38 heavy (non-hydrogen) atoms. The van der Waals surface area contributed by atoms with E-state index in [0.717, 1.165) is 49.8 Å². The van der Waals surface area contributed by atoms with Crippen molar-refractivity contribution in [3.63, 3.8) is 0 Å². The molecule has 0 aliphatic heterocycles. The number of H-pyrrole nitrogens is 1. The molecule has 4 rings (SSSR count). The first-order chi connectivity index (χ1) is 18.4. The van der Waals surface area contributed by atoms with Crippen molar-refractivity contribution >= 4 is 11.8 Å². The van der Waals surface area contributed by atoms with Gasteiger partial charge in [-0.15, -0.1) is 0 Å². The number of methoxy groups -OCH3 is 1. The van der Waals surface area contributed by atoms with E-state index in [9.17, 15) is 19.8 Å². The Morgan fingerprint density at radius 2 is 1.84 bits per heavy atom. The van der Waals surface area contributed by atoms with Crippen molar-refractivity contribution in [2.24, 2.45) is 11.8 Å². The number of benzene rings is 1. The predicted octanol–water partition coefficient (Wildman–Crippen LogP) is 2.48. The Balaban J connectivity index is 1.41. The van der Waals surface area contributed by atoms with Crippen LogP contribution in [0.2, 0.25) is 0 Å². The zero-order valence-corrected chi connectivity index (χ0v) is 22.1. The van der Waals surface area contributed by atoms with Crippen LogP contribution in [0.4, 0.5) is 0 Å². The van der Waals surface area contributed by atoms with Crippen LogP contribution in [0.25, 0.3) is 0 Å². The molecule has 1 heterocycles. The highest BCUT2D eigenvalue weighted by molar-refractivity contribution is 5.91. The molecule has 9 nitrogen and oxygen atoms in total. The van der Waals surface area contributed by atoms with Gasteiger partial charge in [0, 0.05) is 12.6 Å². The summed E-state index contributed by atoms with van der Waals surface area (Å²) in [5.74, 6) is 0.474. The Morgan fingerprint density at radius 3 is 2.47 bits per heavy atom. The van der Waals surface area contributed by atoms with Gasteiger partial charge < -0.3 is 30.6 Å². The number of hydrogen-bond donors (Lipinski definition) is 5. The minimum absolute atomic E-state index is 0.0860. The fourth-order valence-corrected chi connectivity index (χ4v) is 5.33. The van der Waals surface area contributed by atoms with Crippen molar-refractivity contribution in [1.82, 2.24) is 20.6 Å². The number of ether oxygens (including phenoxy) is 1. The molecule has 5 N–H and O–H groups in total. The van der Waals surface area contributed by atoms with Gasteiger partial charge in [0.25, 0.3) is 0 Å². The number of amides is 2. The van der Waals surface area contributed by atoms with Crippen molar-refractivity contribution in [2.45, 2.75) is 88.5 Å². The average molecular weight is 526 g/mol. The number of carbonyl (C=O) groups excluding carboxylic acids is 2. The molecular weight excluding hydrogens is 484 g/mol. The number of imidazole rings is 1. The van der Waals surface area contributed by atoms with E-state index in [1.807, 2.05) is 24.3 Å². The number of aliphatic hydroxyl groups excluding tert-OH is 2. The van der Waals surface area contributed by atoms with Gasteiger partial charge in [-0.2, -0.15) is 0 Å². The summed E-state index contributed by atoms with van der Waals surface area (Å²) < 4.78 is 5.18. The molecular formula is C29H41N4O5. The first-order valence-corrected chi connectivity index (χ1v) is 13.8. The number of hydrogen-bond acceptors (Lipinski definition) is 6. The number of aromatic amines is 1. The molecule has 0 saturated heterocycles. The van der Waals surface area contributed by atoms with Gasteiger partial charge in [0.1, 0.15) is 17.9 Å². The molecule has 1 radical (unpaired) electrons. The predicted molar refractivity (Wildman–Crippen MR) is 143 cm³/mol. The van der Waals surface area contributed by atoms with E-state index >= 15 is 0 Å². The fourth-order valence-electron chi connectivity index (χ4n) is 5.33. The molecule has 0 bridgehead atoms. The SMILES string of the molecule is COc1ccc(C[CH]C(=O)N[C@@H](Cc2c[nH]cn2)C(=O)N[C@@H](CC2CCCCC2)[C@@H](O)[C@@H](O)C2CC2)cc1. The fraction of sp³-hybridized carbons (Fsp3) is 0.586. The highest BCUT2D eigenvalue weighted by Gasteiger charge is 2.40. The summed E-state index contributed by atoms with van der Waals surface area (Å²) in [4.78, 5) is 33.5. The molecule has 1 aromatic heterocycles. The molecule has 1 aromatic carbocycles. The minimum atomic E-state index is -1.04. The molecule has 2 saturated carbocycles. The van der Waals surface area contributed by atoms with Crippen LogP contribution in [0.1, 0.15) is 62.6 Å². The van der Waals surface area contributed by atoms with Crippen molar-refractivity contribution in [3.05, 3.63) is 54.5 Å². The maximum Gasteiger partial charge on any atom is 0.243 e. The average Bonchev–Trinajstić information content (AvgIpc) is 3.67. The standard InChI is InChI=1S/C29H41N4O5/c1-38-23-12-7-19(8-13-23)9-14-26(34)32-25(16-22-17-30-18-31-22)29(37)33-24(15-20-5-3-2-4-6-20)28(36)27(35)21-10-11-21/h7-8,12-14,17-18,20-21,24-25,27-28,35-36H,2-6,9-11,15-16H2,1H3,(H,30,31)(H,32,34)(H,33,37)/t24-,25-,27-,28+/m0/s1. The minimum Gasteiger partial charge on any atom is -0.497 e. The highest BCUT2D eigenvalue weighted by atomic mass is 16.5. The highest BCUT2D eigenvalue weighted by Crippen LogP contribution is 2.36. The summed E-state index contributed by atoms with van der Waals surface area (Å²) in [6, 6.07) is 5.99. The second-order valence-corrected chi connectivity index (χ2v) is 10.8. The van der Waals surface area contributed by atoms with Crippen LogP contribution in [0.5, 0.6) is 5.75 Å². The van der Waals surface area contributed by atoms with E-state index in [0.29, 0.717) is 24.5 Å². The van der Waals surface area contributed by atoms with Gasteiger partial charge in [-0.05, 0) is 55.2 Å². The summed E-state index contributed by atoms with van der Waals surface area (Å²) in [6.45, 7) is 0. The van der Waals surface area contributed by atoms with Crippen LogP contribution in [0.3, 0.4) is 0 Å². The molecule has 2 aromatic rings. The van der Waals surface area contributed by atoms with E-state index in [1.54, 1.807) is 13.3 Å². The van der Waals surface area contributed by atoms with E-state index < -0.39 is 24.3 Å². The van der Waals surface area contributed by atoms with E-state index in [2.05, 4.69) is 20.6 Å². The van der Waals surface area contributed by atoms with Gasteiger partial charge in [-0.3, -0.25) is 9.59 Å². The van der Waals surface area contributed by atoms with Crippen LogP contribution in [-0.4, -0.2) is 63.4 Å². The zero-order valence-electron chi connectivity index (χ0n) is 22.1. The molecule has 2 aliphatic carbocycles. The van der Waals surface area contributed by atoms with Crippen LogP contribution in [0.15, 0.2) is 36.8 Å². The third-order valence-electron chi connectivity index (χ3n) is 7.79. The number of aliphatic hydroxyl groups is 2. The third kappa shape index (κ3) is 8.30. The Labute approximate surface area is 224 Å². The molecule has 4 atom stereocenters. The summed E-state index contributed by atoms with van der Waals surface area (Å²) in [5.41, 5.74) is 1.59. The number of nitrogens with zero attached hydrogens (tertiary/aromatic N) is 1. The molecule has 2 aliphatic rings. The lowest BCUT2D eigenvalue weighted by Crippen LogP contribution is -2.56. The second kappa shape index (κ2) is 13.8. The number of nitrogens with one attached hydrogen (secondary N) is 3. The zero-order chi connectivity index (χ0) is 26.9. The molecule has 2 amide bonds. The normalized spacial score (nSPS) is 19.2. The van der Waals surface area contributed by atoms with Crippen molar-refractivity contribution in [2.75, 3.05) is 7.11 Å². The van der Waals surface area contributed by atoms with Crippen molar-refractivity contribution < 1.29 is 24.5 Å². The lowest BCUT2D eigenvalue weighted by atomic mass is 9.82. The van der Waals surface area contributed by atoms with Gasteiger partial charge in [-0.1, -0.05) is 44.2 Å². The number of carbonyl (C=O) groups is 2. The van der Waals surface area contributed by atoms with Gasteiger partial charge in [0.2, 0.25) is 11.8 Å². The van der Waals surface area contributed by atoms with Gasteiger partial charge in [0.05, 0.1) is 37.7 Å². The largest absolute Gasteiger partial charge is 0.497 e. The summed E-state index contributed by atoms with van der Waals surface area (Å²) >= 11 is 0. The van der Waals surface area contributed by atoms with Crippen LogP contribution in [-0.2, 0) is 22.4 Å². The van der Waals surface area contributed by atoms with Crippen LogP contribution < -0.4 is 15.4 Å². The second-order valence-electron chi connectivity index (χ2n) is 10.8. The van der Waals surface area contributed by atoms with Crippen molar-refractivity contribution in [1.29, 1.82) is 0 Å². The lowest BCUT2D eigenvalue weighted by Gasteiger charge is -2.33. The Kier molecular flexibility index (Phi) is 10.2. The first-order valence-electron chi connectivity index (χ1n) is 13.8. The summed E-state index contributed by atoms with van der Waals surface area (Å²) in [6.07, 6.45) is 11.5. The summed E-state index contributed by atoms with van der Waals surface area (Å²) in [5, 5.41) is 27.6. The summed E-state index contributed by atoms with van der Waals surface area (Å²) in [7, 11) is 1.60. The molecule has 9 heteroatoms. The van der Waals surface area contributed by atoms with Crippen LogP contribution in [0, 0.1) is 18.3 Å². The van der Waals surface area contributed by atoms with Gasteiger partial charge >= 0.3 is 0 Å². The molecule has 0 unspecified atom stereocenters. The van der Waals surface area contributed by atoms with E-state index in [-0.39, 0.29) is 24.2 Å². The topological polar surface area (TPSA) is 137 Å². The smallest absolute Gasteiger partial charge is 0.243 e. The van der Waals surface area contributed by atoms with Gasteiger partial charge in [-0.25, -0.2) is 4.98 Å². The molecule has 207 valence electrons. The molecule has 2 fully saturated rings. The van der Waals surface area contributed by atoms with Crippen molar-refractivity contribution in [3.8, 4) is 5.75 Å². The molecule has 0 spiro atoms. The van der Waals surface area contributed by atoms with E-state index in [1.165, 1.54) is 19.2 Å². The Hall–Kier alpha value is -2.91. The third-order valence-corrected chi connectivity index (χ3v) is 7.79. The maximum absolute atomic E-state index is 13.5. The first kappa shape index (κ1) is 28.1. The maximum atomic E-state index is 13.5. The van der Waals surface area contributed by atoms with E-state index in [4.69, 9.17) is 4.74 Å². The monoisotopic (exact) mass is 525 g/mol. The number of aromatic nitrogens is 2. The number of rotatable bonds is 14. The Morgan fingerprint density at radius 1 is 1.11 bits per heavy atom. The Bertz CT molecular complexity index is 1000. The van der Waals surface area contributed by atoms with Gasteiger partial charge in [0.15, 0.2) is 0 Å². The lowest BCUT2D eigenvalue weighted by molar-refractivity contribution is -0.129. The quantitative estimate of drug-likeness (QED) is 0.257. The van der Waals surface area contributed by atoms with Crippen LogP contribution >= 0.6 is 0 Å².